The van der Waals surface area contributed by atoms with Crippen molar-refractivity contribution in [1.29, 1.82) is 0 Å². The zero-order valence-electron chi connectivity index (χ0n) is 22.2. The van der Waals surface area contributed by atoms with E-state index in [0.29, 0.717) is 35.1 Å². The van der Waals surface area contributed by atoms with Gasteiger partial charge in [0.15, 0.2) is 12.4 Å². The molecule has 1 aliphatic heterocycles. The number of rotatable bonds is 10. The fourth-order valence-electron chi connectivity index (χ4n) is 4.02. The van der Waals surface area contributed by atoms with E-state index in [2.05, 4.69) is 20.7 Å². The standard InChI is InChI=1S/C27H32ClN5O6/c1-15(34)26(37)39-19-11-20(24-21(12-19)31-23(36)14-38-24)22(35)13-29-27(3,4)9-10-33-16(2)30-25(32-33)17-5-7-18(28)8-6-17/h5-8,11-12,15,22,29,34-35H,9-10,13-14H2,1-4H3,(H,31,36)/t15?,22-/m0/s1. The number of benzene rings is 2. The van der Waals surface area contributed by atoms with E-state index in [1.165, 1.54) is 19.1 Å². The highest BCUT2D eigenvalue weighted by molar-refractivity contribution is 6.30. The molecule has 0 saturated carbocycles. The van der Waals surface area contributed by atoms with Gasteiger partial charge in [-0.2, -0.15) is 5.10 Å². The van der Waals surface area contributed by atoms with Crippen molar-refractivity contribution in [2.24, 2.45) is 0 Å². The minimum Gasteiger partial charge on any atom is -0.481 e. The van der Waals surface area contributed by atoms with E-state index in [9.17, 15) is 19.8 Å². The van der Waals surface area contributed by atoms with Gasteiger partial charge >= 0.3 is 5.97 Å². The second kappa shape index (κ2) is 11.7. The molecule has 39 heavy (non-hydrogen) atoms. The highest BCUT2D eigenvalue weighted by atomic mass is 35.5. The van der Waals surface area contributed by atoms with Crippen LogP contribution in [0.5, 0.6) is 11.5 Å². The first-order valence-electron chi connectivity index (χ1n) is 12.5. The van der Waals surface area contributed by atoms with Crippen LogP contribution in [0.25, 0.3) is 11.4 Å². The number of carbonyl (C=O) groups is 2. The molecule has 2 heterocycles. The first-order chi connectivity index (χ1) is 18.4. The predicted molar refractivity (Wildman–Crippen MR) is 145 cm³/mol. The summed E-state index contributed by atoms with van der Waals surface area (Å²) < 4.78 is 12.6. The SMILES string of the molecule is Cc1nc(-c2ccc(Cl)cc2)nn1CCC(C)(C)NC[C@H](O)c1cc(OC(=O)C(C)O)cc2c1OCC(=O)N2. The van der Waals surface area contributed by atoms with E-state index in [1.807, 2.05) is 37.6 Å². The maximum absolute atomic E-state index is 11.9. The van der Waals surface area contributed by atoms with E-state index in [1.54, 1.807) is 12.1 Å². The number of aromatic nitrogens is 3. The molecule has 11 nitrogen and oxygen atoms in total. The Morgan fingerprint density at radius 3 is 2.69 bits per heavy atom. The number of ether oxygens (including phenoxy) is 2. The van der Waals surface area contributed by atoms with Crippen molar-refractivity contribution in [3.8, 4) is 22.9 Å². The Morgan fingerprint density at radius 1 is 1.28 bits per heavy atom. The van der Waals surface area contributed by atoms with Gasteiger partial charge in [-0.15, -0.1) is 0 Å². The largest absolute Gasteiger partial charge is 0.481 e. The van der Waals surface area contributed by atoms with Crippen LogP contribution in [0.2, 0.25) is 5.02 Å². The smallest absolute Gasteiger partial charge is 0.340 e. The number of β-amino-alcohol motifs (C(OH)–C–C–N with tert-alkyl or cyclic N) is 1. The van der Waals surface area contributed by atoms with E-state index >= 15 is 0 Å². The van der Waals surface area contributed by atoms with Crippen LogP contribution in [0.1, 0.15) is 44.7 Å². The van der Waals surface area contributed by atoms with Crippen molar-refractivity contribution in [3.63, 3.8) is 0 Å². The molecule has 4 rings (SSSR count). The van der Waals surface area contributed by atoms with Crippen molar-refractivity contribution in [3.05, 3.63) is 52.8 Å². The van der Waals surface area contributed by atoms with Gasteiger partial charge < -0.3 is 30.3 Å². The summed E-state index contributed by atoms with van der Waals surface area (Å²) in [5.74, 6) is 0.538. The topological polar surface area (TPSA) is 148 Å². The first-order valence-corrected chi connectivity index (χ1v) is 12.9. The van der Waals surface area contributed by atoms with Gasteiger partial charge in [-0.1, -0.05) is 11.6 Å². The summed E-state index contributed by atoms with van der Waals surface area (Å²) in [6, 6.07) is 10.2. The van der Waals surface area contributed by atoms with Crippen molar-refractivity contribution in [2.45, 2.75) is 58.4 Å². The summed E-state index contributed by atoms with van der Waals surface area (Å²) in [6.45, 7) is 7.75. The van der Waals surface area contributed by atoms with Gasteiger partial charge in [-0.3, -0.25) is 4.79 Å². The van der Waals surface area contributed by atoms with Crippen LogP contribution in [-0.2, 0) is 16.1 Å². The van der Waals surface area contributed by atoms with Gasteiger partial charge in [0, 0.05) is 40.8 Å². The van der Waals surface area contributed by atoms with Gasteiger partial charge in [0.2, 0.25) is 0 Å². The molecule has 0 radical (unpaired) electrons. The van der Waals surface area contributed by atoms with Crippen LogP contribution in [0.15, 0.2) is 36.4 Å². The van der Waals surface area contributed by atoms with Crippen molar-refractivity contribution < 1.29 is 29.3 Å². The van der Waals surface area contributed by atoms with Gasteiger partial charge in [0.05, 0.1) is 11.8 Å². The molecule has 1 amide bonds. The molecule has 4 N–H and O–H groups in total. The lowest BCUT2D eigenvalue weighted by Gasteiger charge is -2.29. The molecule has 0 saturated heterocycles. The normalized spacial score (nSPS) is 14.7. The van der Waals surface area contributed by atoms with E-state index in [4.69, 9.17) is 21.1 Å². The number of aliphatic hydroxyl groups excluding tert-OH is 2. The van der Waals surface area contributed by atoms with Crippen molar-refractivity contribution in [2.75, 3.05) is 18.5 Å². The Kier molecular flexibility index (Phi) is 8.55. The molecule has 2 atom stereocenters. The molecule has 0 aliphatic carbocycles. The molecular formula is C27H32ClN5O6. The molecule has 1 aliphatic rings. The number of halogens is 1. The zero-order chi connectivity index (χ0) is 28.3. The van der Waals surface area contributed by atoms with Crippen LogP contribution >= 0.6 is 11.6 Å². The first kappa shape index (κ1) is 28.5. The summed E-state index contributed by atoms with van der Waals surface area (Å²) in [5.41, 5.74) is 1.09. The molecule has 1 unspecified atom stereocenters. The Balaban J connectivity index is 1.43. The third-order valence-electron chi connectivity index (χ3n) is 6.31. The minimum atomic E-state index is -1.33. The lowest BCUT2D eigenvalue weighted by Crippen LogP contribution is -2.42. The predicted octanol–water partition coefficient (Wildman–Crippen LogP) is 3.02. The number of hydrogen-bond donors (Lipinski definition) is 4. The fourth-order valence-corrected chi connectivity index (χ4v) is 4.15. The Bertz CT molecular complexity index is 1360. The van der Waals surface area contributed by atoms with E-state index in [0.717, 1.165) is 11.4 Å². The highest BCUT2D eigenvalue weighted by Crippen LogP contribution is 2.39. The van der Waals surface area contributed by atoms with E-state index < -0.39 is 23.7 Å². The Morgan fingerprint density at radius 2 is 2.00 bits per heavy atom. The van der Waals surface area contributed by atoms with Crippen LogP contribution in [0, 0.1) is 6.92 Å². The Labute approximate surface area is 231 Å². The number of fused-ring (bicyclic) bond motifs is 1. The number of nitrogens with one attached hydrogen (secondary N) is 2. The molecule has 0 fully saturated rings. The molecular weight excluding hydrogens is 526 g/mol. The highest BCUT2D eigenvalue weighted by Gasteiger charge is 2.27. The molecule has 2 aromatic carbocycles. The summed E-state index contributed by atoms with van der Waals surface area (Å²) in [6.07, 6.45) is -1.71. The van der Waals surface area contributed by atoms with Crippen molar-refractivity contribution in [1.82, 2.24) is 20.1 Å². The maximum Gasteiger partial charge on any atom is 0.340 e. The number of anilines is 1. The molecule has 0 spiro atoms. The molecule has 1 aromatic heterocycles. The van der Waals surface area contributed by atoms with Gasteiger partial charge in [-0.25, -0.2) is 14.5 Å². The van der Waals surface area contributed by atoms with Crippen LogP contribution in [-0.4, -0.2) is 61.6 Å². The van der Waals surface area contributed by atoms with Crippen LogP contribution < -0.4 is 20.1 Å². The third-order valence-corrected chi connectivity index (χ3v) is 6.57. The van der Waals surface area contributed by atoms with Crippen LogP contribution in [0.4, 0.5) is 5.69 Å². The molecule has 0 bridgehead atoms. The number of esters is 1. The number of hydrogen-bond acceptors (Lipinski definition) is 9. The van der Waals surface area contributed by atoms with E-state index in [-0.39, 0.29) is 30.5 Å². The average Bonchev–Trinajstić information content (AvgIpc) is 3.26. The van der Waals surface area contributed by atoms with Crippen LogP contribution in [0.3, 0.4) is 0 Å². The van der Waals surface area contributed by atoms with Crippen molar-refractivity contribution >= 4 is 29.2 Å². The van der Waals surface area contributed by atoms with Gasteiger partial charge in [0.25, 0.3) is 5.91 Å². The number of aryl methyl sites for hydroxylation is 2. The number of amides is 1. The summed E-state index contributed by atoms with van der Waals surface area (Å²) >= 11 is 5.98. The second-order valence-electron chi connectivity index (χ2n) is 10.1. The monoisotopic (exact) mass is 557 g/mol. The fraction of sp³-hybridized carbons (Fsp3) is 0.407. The summed E-state index contributed by atoms with van der Waals surface area (Å²) in [4.78, 5) is 28.3. The molecule has 208 valence electrons. The number of nitrogens with zero attached hydrogens (tertiary/aromatic N) is 3. The lowest BCUT2D eigenvalue weighted by molar-refractivity contribution is -0.142. The average molecular weight is 558 g/mol. The maximum atomic E-state index is 11.9. The quantitative estimate of drug-likeness (QED) is 0.218. The third kappa shape index (κ3) is 7.12. The second-order valence-corrected chi connectivity index (χ2v) is 10.5. The summed E-state index contributed by atoms with van der Waals surface area (Å²) in [7, 11) is 0. The lowest BCUT2D eigenvalue weighted by atomic mass is 9.99. The summed E-state index contributed by atoms with van der Waals surface area (Å²) in [5, 5.41) is 31.9. The zero-order valence-corrected chi connectivity index (χ0v) is 23.0. The number of carbonyl (C=O) groups excluding carboxylic acids is 2. The minimum absolute atomic E-state index is 0.0666. The molecule has 3 aromatic rings. The molecule has 12 heteroatoms. The van der Waals surface area contributed by atoms with Gasteiger partial charge in [-0.05, 0) is 64.4 Å². The number of aliphatic hydroxyl groups is 2. The van der Waals surface area contributed by atoms with Gasteiger partial charge in [0.1, 0.15) is 23.4 Å². The Hall–Kier alpha value is -3.51.